The van der Waals surface area contributed by atoms with Gasteiger partial charge in [-0.3, -0.25) is 0 Å². The zero-order valence-electron chi connectivity index (χ0n) is 13.3. The number of hydrogen-bond donors (Lipinski definition) is 1. The molecule has 0 aliphatic rings. The maximum absolute atomic E-state index is 3.70. The second-order valence-electron chi connectivity index (χ2n) is 5.61. The van der Waals surface area contributed by atoms with Crippen molar-refractivity contribution in [1.82, 2.24) is 5.32 Å². The van der Waals surface area contributed by atoms with Crippen molar-refractivity contribution in [2.45, 2.75) is 45.1 Å². The second kappa shape index (κ2) is 8.63. The van der Waals surface area contributed by atoms with Crippen LogP contribution in [0.1, 0.15) is 43.7 Å². The van der Waals surface area contributed by atoms with E-state index in [9.17, 15) is 0 Å². The van der Waals surface area contributed by atoms with Gasteiger partial charge in [-0.05, 0) is 42.9 Å². The number of benzene rings is 2. The quantitative estimate of drug-likeness (QED) is 0.733. The van der Waals surface area contributed by atoms with Gasteiger partial charge in [0.25, 0.3) is 0 Å². The average Bonchev–Trinajstić information content (AvgIpc) is 2.55. The molecular weight excluding hydrogens is 254 g/mol. The van der Waals surface area contributed by atoms with Crippen LogP contribution in [-0.4, -0.2) is 12.6 Å². The van der Waals surface area contributed by atoms with E-state index >= 15 is 0 Å². The van der Waals surface area contributed by atoms with E-state index in [1.165, 1.54) is 24.0 Å². The Balaban J connectivity index is 2.06. The first-order valence-corrected chi connectivity index (χ1v) is 8.17. The first-order valence-electron chi connectivity index (χ1n) is 8.17. The van der Waals surface area contributed by atoms with Gasteiger partial charge in [0.15, 0.2) is 0 Å². The smallest absolute Gasteiger partial charge is 0.0139 e. The summed E-state index contributed by atoms with van der Waals surface area (Å²) >= 11 is 0. The van der Waals surface area contributed by atoms with Crippen LogP contribution in [0, 0.1) is 0 Å². The highest BCUT2D eigenvalue weighted by Crippen LogP contribution is 2.26. The maximum atomic E-state index is 3.70. The lowest BCUT2D eigenvalue weighted by Gasteiger charge is -2.27. The zero-order chi connectivity index (χ0) is 14.9. The summed E-state index contributed by atoms with van der Waals surface area (Å²) in [5, 5.41) is 3.70. The van der Waals surface area contributed by atoms with E-state index in [4.69, 9.17) is 0 Å². The summed E-state index contributed by atoms with van der Waals surface area (Å²) in [4.78, 5) is 0. The molecule has 0 bridgehead atoms. The van der Waals surface area contributed by atoms with Crippen molar-refractivity contribution in [2.75, 3.05) is 6.54 Å². The topological polar surface area (TPSA) is 12.0 Å². The summed E-state index contributed by atoms with van der Waals surface area (Å²) in [7, 11) is 0. The molecule has 0 aliphatic carbocycles. The Labute approximate surface area is 129 Å². The highest BCUT2D eigenvalue weighted by Gasteiger charge is 2.20. The molecule has 0 amide bonds. The Morgan fingerprint density at radius 2 is 1.48 bits per heavy atom. The fraction of sp³-hybridized carbons (Fsp3) is 0.400. The van der Waals surface area contributed by atoms with Crippen molar-refractivity contribution in [1.29, 1.82) is 0 Å². The molecule has 1 heteroatoms. The molecule has 112 valence electrons. The van der Waals surface area contributed by atoms with Gasteiger partial charge in [0.1, 0.15) is 0 Å². The lowest BCUT2D eigenvalue weighted by Crippen LogP contribution is -2.35. The molecular formula is C20H27N. The predicted molar refractivity (Wildman–Crippen MR) is 91.7 cm³/mol. The van der Waals surface area contributed by atoms with E-state index in [2.05, 4.69) is 79.8 Å². The molecule has 0 saturated heterocycles. The van der Waals surface area contributed by atoms with Crippen molar-refractivity contribution in [2.24, 2.45) is 0 Å². The Morgan fingerprint density at radius 1 is 0.857 bits per heavy atom. The molecule has 0 fully saturated rings. The molecule has 21 heavy (non-hydrogen) atoms. The van der Waals surface area contributed by atoms with Crippen LogP contribution in [0.4, 0.5) is 0 Å². The van der Waals surface area contributed by atoms with Crippen LogP contribution in [0.5, 0.6) is 0 Å². The van der Waals surface area contributed by atoms with Crippen LogP contribution in [0.2, 0.25) is 0 Å². The maximum Gasteiger partial charge on any atom is 0.0139 e. The van der Waals surface area contributed by atoms with Gasteiger partial charge >= 0.3 is 0 Å². The van der Waals surface area contributed by atoms with Gasteiger partial charge in [-0.15, -0.1) is 0 Å². The van der Waals surface area contributed by atoms with Crippen LogP contribution >= 0.6 is 0 Å². The molecule has 0 aromatic heterocycles. The predicted octanol–water partition coefficient (Wildman–Crippen LogP) is 4.79. The molecule has 1 N–H and O–H groups in total. The second-order valence-corrected chi connectivity index (χ2v) is 5.61. The Kier molecular flexibility index (Phi) is 6.49. The summed E-state index contributed by atoms with van der Waals surface area (Å²) in [5.74, 6) is 0.592. The minimum Gasteiger partial charge on any atom is -0.314 e. The van der Waals surface area contributed by atoms with Gasteiger partial charge in [0, 0.05) is 6.04 Å². The van der Waals surface area contributed by atoms with Gasteiger partial charge in [-0.1, -0.05) is 74.5 Å². The third kappa shape index (κ3) is 4.71. The summed E-state index contributed by atoms with van der Waals surface area (Å²) in [5.41, 5.74) is 2.89. The summed E-state index contributed by atoms with van der Waals surface area (Å²) in [6.07, 6.45) is 3.50. The minimum atomic E-state index is 0.544. The lowest BCUT2D eigenvalue weighted by atomic mass is 9.86. The van der Waals surface area contributed by atoms with Crippen molar-refractivity contribution < 1.29 is 0 Å². The van der Waals surface area contributed by atoms with Crippen LogP contribution in [0.3, 0.4) is 0 Å². The molecule has 2 atom stereocenters. The molecule has 2 unspecified atom stereocenters. The fourth-order valence-corrected chi connectivity index (χ4v) is 3.13. The largest absolute Gasteiger partial charge is 0.314 e. The first-order chi connectivity index (χ1) is 10.3. The SMILES string of the molecule is CCNC(CCc1ccccc1)C(CC)c1ccccc1. The highest BCUT2D eigenvalue weighted by molar-refractivity contribution is 5.22. The molecule has 0 spiro atoms. The molecule has 0 aliphatic heterocycles. The van der Waals surface area contributed by atoms with E-state index in [0.29, 0.717) is 12.0 Å². The van der Waals surface area contributed by atoms with E-state index < -0.39 is 0 Å². The number of likely N-dealkylation sites (N-methyl/N-ethyl adjacent to an activating group) is 1. The van der Waals surface area contributed by atoms with Crippen molar-refractivity contribution in [3.05, 3.63) is 71.8 Å². The van der Waals surface area contributed by atoms with E-state index in [-0.39, 0.29) is 0 Å². The summed E-state index contributed by atoms with van der Waals surface area (Å²) in [6, 6.07) is 22.3. The van der Waals surface area contributed by atoms with Gasteiger partial charge < -0.3 is 5.32 Å². The van der Waals surface area contributed by atoms with Crippen LogP contribution < -0.4 is 5.32 Å². The van der Waals surface area contributed by atoms with E-state index in [0.717, 1.165) is 13.0 Å². The molecule has 0 radical (unpaired) electrons. The van der Waals surface area contributed by atoms with Gasteiger partial charge in [0.2, 0.25) is 0 Å². The van der Waals surface area contributed by atoms with E-state index in [1.807, 2.05) is 0 Å². The molecule has 2 aromatic rings. The summed E-state index contributed by atoms with van der Waals surface area (Å²) < 4.78 is 0. The third-order valence-electron chi connectivity index (χ3n) is 4.21. The third-order valence-corrected chi connectivity index (χ3v) is 4.21. The number of rotatable bonds is 8. The molecule has 2 aromatic carbocycles. The van der Waals surface area contributed by atoms with Crippen molar-refractivity contribution >= 4 is 0 Å². The number of nitrogens with one attached hydrogen (secondary N) is 1. The average molecular weight is 281 g/mol. The first kappa shape index (κ1) is 15.8. The van der Waals surface area contributed by atoms with Crippen LogP contribution in [0.25, 0.3) is 0 Å². The molecule has 1 nitrogen and oxygen atoms in total. The van der Waals surface area contributed by atoms with Crippen LogP contribution in [0.15, 0.2) is 60.7 Å². The Morgan fingerprint density at radius 3 is 2.05 bits per heavy atom. The minimum absolute atomic E-state index is 0.544. The van der Waals surface area contributed by atoms with E-state index in [1.54, 1.807) is 0 Å². The normalized spacial score (nSPS) is 13.8. The fourth-order valence-electron chi connectivity index (χ4n) is 3.13. The molecule has 0 heterocycles. The standard InChI is InChI=1S/C20H27N/c1-3-19(18-13-9-6-10-14-18)20(21-4-2)16-15-17-11-7-5-8-12-17/h5-14,19-21H,3-4,15-16H2,1-2H3. The number of aryl methyl sites for hydroxylation is 1. The number of hydrogen-bond acceptors (Lipinski definition) is 1. The van der Waals surface area contributed by atoms with Crippen molar-refractivity contribution in [3.8, 4) is 0 Å². The van der Waals surface area contributed by atoms with Crippen LogP contribution in [-0.2, 0) is 6.42 Å². The van der Waals surface area contributed by atoms with Gasteiger partial charge in [-0.25, -0.2) is 0 Å². The Hall–Kier alpha value is -1.60. The highest BCUT2D eigenvalue weighted by atomic mass is 14.9. The summed E-state index contributed by atoms with van der Waals surface area (Å²) in [6.45, 7) is 5.53. The molecule has 2 rings (SSSR count). The Bertz CT molecular complexity index is 492. The van der Waals surface area contributed by atoms with Gasteiger partial charge in [0.05, 0.1) is 0 Å². The van der Waals surface area contributed by atoms with Crippen molar-refractivity contribution in [3.63, 3.8) is 0 Å². The zero-order valence-corrected chi connectivity index (χ0v) is 13.3. The monoisotopic (exact) mass is 281 g/mol. The molecule has 0 saturated carbocycles. The van der Waals surface area contributed by atoms with Gasteiger partial charge in [-0.2, -0.15) is 0 Å². The lowest BCUT2D eigenvalue weighted by molar-refractivity contribution is 0.407.